The Kier molecular flexibility index (Phi) is 4.66. The van der Waals surface area contributed by atoms with Crippen LogP contribution < -0.4 is 5.32 Å². The Morgan fingerprint density at radius 2 is 1.95 bits per heavy atom. The van der Waals surface area contributed by atoms with Crippen LogP contribution in [0.4, 0.5) is 0 Å². The Balaban J connectivity index is 2.06. The molecular weight excluding hydrogens is 268 g/mol. The van der Waals surface area contributed by atoms with E-state index in [0.29, 0.717) is 11.1 Å². The van der Waals surface area contributed by atoms with E-state index >= 15 is 0 Å². The highest BCUT2D eigenvalue weighted by Crippen LogP contribution is 2.15. The molecule has 2 N–H and O–H groups in total. The van der Waals surface area contributed by atoms with Crippen molar-refractivity contribution in [3.05, 3.63) is 65.5 Å². The molecule has 0 aliphatic carbocycles. The number of aryl methyl sites for hydroxylation is 1. The predicted molar refractivity (Wildman–Crippen MR) is 78.1 cm³/mol. The summed E-state index contributed by atoms with van der Waals surface area (Å²) in [6, 6.07) is 12.1. The van der Waals surface area contributed by atoms with Gasteiger partial charge < -0.3 is 10.4 Å². The second kappa shape index (κ2) is 6.65. The van der Waals surface area contributed by atoms with Crippen molar-refractivity contribution >= 4 is 11.9 Å². The molecule has 1 amide bonds. The van der Waals surface area contributed by atoms with Crippen molar-refractivity contribution in [3.8, 4) is 0 Å². The number of nitrogens with zero attached hydrogens (tertiary/aromatic N) is 1. The van der Waals surface area contributed by atoms with Crippen molar-refractivity contribution in [3.63, 3.8) is 0 Å². The summed E-state index contributed by atoms with van der Waals surface area (Å²) in [6.45, 7) is 1.83. The van der Waals surface area contributed by atoms with E-state index in [2.05, 4.69) is 10.3 Å². The molecule has 1 aromatic carbocycles. The zero-order chi connectivity index (χ0) is 15.2. The Morgan fingerprint density at radius 3 is 2.57 bits per heavy atom. The first-order valence-corrected chi connectivity index (χ1v) is 6.56. The van der Waals surface area contributed by atoms with Crippen LogP contribution in [-0.4, -0.2) is 28.5 Å². The minimum atomic E-state index is -0.965. The van der Waals surface area contributed by atoms with Gasteiger partial charge in [-0.25, -0.2) is 0 Å². The van der Waals surface area contributed by atoms with Crippen molar-refractivity contribution < 1.29 is 14.7 Å². The van der Waals surface area contributed by atoms with Gasteiger partial charge in [-0.3, -0.25) is 14.6 Å². The molecule has 1 atom stereocenters. The molecule has 21 heavy (non-hydrogen) atoms. The standard InChI is InChI=1S/C16H16N2O3/c1-11-9-13(7-8-17-11)15(19)18-10-14(16(20)21)12-5-3-2-4-6-12/h2-9,14H,10H2,1H3,(H,18,19)(H,20,21). The van der Waals surface area contributed by atoms with Crippen LogP contribution in [0.15, 0.2) is 48.7 Å². The summed E-state index contributed by atoms with van der Waals surface area (Å²) in [6.07, 6.45) is 1.55. The van der Waals surface area contributed by atoms with E-state index < -0.39 is 11.9 Å². The van der Waals surface area contributed by atoms with Gasteiger partial charge >= 0.3 is 5.97 Å². The molecule has 0 aliphatic rings. The van der Waals surface area contributed by atoms with Crippen LogP contribution in [0.25, 0.3) is 0 Å². The Morgan fingerprint density at radius 1 is 1.24 bits per heavy atom. The predicted octanol–water partition coefficient (Wildman–Crippen LogP) is 1.99. The third-order valence-corrected chi connectivity index (χ3v) is 3.13. The monoisotopic (exact) mass is 284 g/mol. The summed E-state index contributed by atoms with van der Waals surface area (Å²) in [5.41, 5.74) is 1.87. The van der Waals surface area contributed by atoms with Crippen molar-refractivity contribution in [2.24, 2.45) is 0 Å². The van der Waals surface area contributed by atoms with Gasteiger partial charge in [0, 0.05) is 24.0 Å². The summed E-state index contributed by atoms with van der Waals surface area (Å²) < 4.78 is 0. The zero-order valence-electron chi connectivity index (χ0n) is 11.6. The first-order valence-electron chi connectivity index (χ1n) is 6.56. The molecule has 0 fully saturated rings. The summed E-state index contributed by atoms with van der Waals surface area (Å²) in [5, 5.41) is 12.0. The van der Waals surface area contributed by atoms with Crippen LogP contribution >= 0.6 is 0 Å². The lowest BCUT2D eigenvalue weighted by molar-refractivity contribution is -0.138. The molecule has 0 saturated heterocycles. The molecule has 1 unspecified atom stereocenters. The van der Waals surface area contributed by atoms with Crippen molar-refractivity contribution in [2.75, 3.05) is 6.54 Å². The molecule has 0 radical (unpaired) electrons. The molecule has 0 bridgehead atoms. The van der Waals surface area contributed by atoms with E-state index in [4.69, 9.17) is 0 Å². The number of amides is 1. The number of hydrogen-bond donors (Lipinski definition) is 2. The van der Waals surface area contributed by atoms with Gasteiger partial charge in [0.2, 0.25) is 0 Å². The van der Waals surface area contributed by atoms with Gasteiger partial charge in [-0.05, 0) is 24.6 Å². The summed E-state index contributed by atoms with van der Waals surface area (Å²) >= 11 is 0. The van der Waals surface area contributed by atoms with Crippen LogP contribution in [-0.2, 0) is 4.79 Å². The van der Waals surface area contributed by atoms with Crippen LogP contribution in [0.5, 0.6) is 0 Å². The van der Waals surface area contributed by atoms with Gasteiger partial charge in [0.25, 0.3) is 5.91 Å². The number of carboxylic acids is 1. The number of aromatic nitrogens is 1. The second-order valence-corrected chi connectivity index (χ2v) is 4.70. The number of benzene rings is 1. The van der Waals surface area contributed by atoms with Crippen LogP contribution in [0, 0.1) is 6.92 Å². The van der Waals surface area contributed by atoms with Gasteiger partial charge in [0.05, 0.1) is 5.92 Å². The first kappa shape index (κ1) is 14.7. The number of carbonyl (C=O) groups is 2. The fourth-order valence-electron chi connectivity index (χ4n) is 2.02. The Bertz CT molecular complexity index is 641. The molecule has 1 heterocycles. The SMILES string of the molecule is Cc1cc(C(=O)NCC(C(=O)O)c2ccccc2)ccn1. The highest BCUT2D eigenvalue weighted by molar-refractivity contribution is 5.94. The minimum absolute atomic E-state index is 0.0412. The number of carboxylic acid groups (broad SMARTS) is 1. The highest BCUT2D eigenvalue weighted by Gasteiger charge is 2.20. The molecule has 0 aliphatic heterocycles. The van der Waals surface area contributed by atoms with Crippen LogP contribution in [0.3, 0.4) is 0 Å². The van der Waals surface area contributed by atoms with Gasteiger partial charge in [-0.1, -0.05) is 30.3 Å². The molecule has 5 heteroatoms. The number of carbonyl (C=O) groups excluding carboxylic acids is 1. The average Bonchev–Trinajstić information content (AvgIpc) is 2.48. The molecule has 0 saturated carbocycles. The summed E-state index contributed by atoms with van der Waals surface area (Å²) in [5.74, 6) is -2.03. The second-order valence-electron chi connectivity index (χ2n) is 4.70. The molecular formula is C16H16N2O3. The number of pyridine rings is 1. The van der Waals surface area contributed by atoms with E-state index in [9.17, 15) is 14.7 Å². The molecule has 2 rings (SSSR count). The normalized spacial score (nSPS) is 11.7. The third-order valence-electron chi connectivity index (χ3n) is 3.13. The number of nitrogens with one attached hydrogen (secondary N) is 1. The fraction of sp³-hybridized carbons (Fsp3) is 0.188. The Hall–Kier alpha value is -2.69. The average molecular weight is 284 g/mol. The number of hydrogen-bond acceptors (Lipinski definition) is 3. The quantitative estimate of drug-likeness (QED) is 0.880. The smallest absolute Gasteiger partial charge is 0.312 e. The molecule has 5 nitrogen and oxygen atoms in total. The maximum Gasteiger partial charge on any atom is 0.312 e. The molecule has 108 valence electrons. The lowest BCUT2D eigenvalue weighted by Gasteiger charge is -2.14. The number of rotatable bonds is 5. The lowest BCUT2D eigenvalue weighted by atomic mass is 9.99. The maximum atomic E-state index is 12.0. The lowest BCUT2D eigenvalue weighted by Crippen LogP contribution is -2.31. The van der Waals surface area contributed by atoms with Crippen molar-refractivity contribution in [2.45, 2.75) is 12.8 Å². The van der Waals surface area contributed by atoms with Gasteiger partial charge in [-0.15, -0.1) is 0 Å². The van der Waals surface area contributed by atoms with Crippen LogP contribution in [0.1, 0.15) is 27.5 Å². The number of aliphatic carboxylic acids is 1. The fourth-order valence-corrected chi connectivity index (χ4v) is 2.02. The van der Waals surface area contributed by atoms with E-state index in [-0.39, 0.29) is 12.5 Å². The molecule has 1 aromatic heterocycles. The van der Waals surface area contributed by atoms with E-state index in [1.165, 1.54) is 0 Å². The zero-order valence-corrected chi connectivity index (χ0v) is 11.6. The van der Waals surface area contributed by atoms with Crippen molar-refractivity contribution in [1.29, 1.82) is 0 Å². The van der Waals surface area contributed by atoms with E-state index in [1.54, 1.807) is 49.5 Å². The van der Waals surface area contributed by atoms with Gasteiger partial charge in [-0.2, -0.15) is 0 Å². The molecule has 2 aromatic rings. The first-order chi connectivity index (χ1) is 10.1. The maximum absolute atomic E-state index is 12.0. The van der Waals surface area contributed by atoms with Crippen LogP contribution in [0.2, 0.25) is 0 Å². The largest absolute Gasteiger partial charge is 0.481 e. The summed E-state index contributed by atoms with van der Waals surface area (Å²) in [7, 11) is 0. The van der Waals surface area contributed by atoms with Crippen molar-refractivity contribution in [1.82, 2.24) is 10.3 Å². The minimum Gasteiger partial charge on any atom is -0.481 e. The third kappa shape index (κ3) is 3.89. The topological polar surface area (TPSA) is 79.3 Å². The summed E-state index contributed by atoms with van der Waals surface area (Å²) in [4.78, 5) is 27.4. The Labute approximate surface area is 122 Å². The van der Waals surface area contributed by atoms with Gasteiger partial charge in [0.15, 0.2) is 0 Å². The molecule has 0 spiro atoms. The van der Waals surface area contributed by atoms with E-state index in [0.717, 1.165) is 5.69 Å². The highest BCUT2D eigenvalue weighted by atomic mass is 16.4. The van der Waals surface area contributed by atoms with Gasteiger partial charge in [0.1, 0.15) is 0 Å². The van der Waals surface area contributed by atoms with E-state index in [1.807, 2.05) is 6.07 Å².